The Kier molecular flexibility index (Phi) is 5.95. The van der Waals surface area contributed by atoms with Gasteiger partial charge in [-0.2, -0.15) is 5.10 Å². The van der Waals surface area contributed by atoms with Crippen molar-refractivity contribution in [1.82, 2.24) is 10.2 Å². The van der Waals surface area contributed by atoms with Crippen LogP contribution in [0, 0.1) is 0 Å². The highest BCUT2D eigenvalue weighted by molar-refractivity contribution is 6.36. The third-order valence-corrected chi connectivity index (χ3v) is 5.10. The second-order valence-electron chi connectivity index (χ2n) is 6.30. The van der Waals surface area contributed by atoms with Crippen LogP contribution in [-0.2, 0) is 0 Å². The molecule has 2 heterocycles. The molecule has 5 nitrogen and oxygen atoms in total. The molecule has 0 aliphatic rings. The van der Waals surface area contributed by atoms with E-state index in [-0.39, 0.29) is 11.5 Å². The van der Waals surface area contributed by atoms with Crippen molar-refractivity contribution >= 4 is 46.4 Å². The fourth-order valence-electron chi connectivity index (χ4n) is 2.83. The standard InChI is InChI=1S/C22H14Cl3N3O2/c23-14-3-1-13(2-4-14)17-12-27-28-22(17)26-10-9-19(29)21-8-7-20(30-21)16-6-5-15(24)11-18(16)25/h1-12H,(H2,26,27,28)/b10-9+. The SMILES string of the molecule is O=C(/C=C/Nc1[nH]ncc1-c1ccc(Cl)cc1)c1ccc(-c2ccc(Cl)cc2Cl)o1. The summed E-state index contributed by atoms with van der Waals surface area (Å²) in [4.78, 5) is 12.4. The Bertz CT molecular complexity index is 1230. The number of aromatic nitrogens is 2. The molecule has 4 rings (SSSR count). The predicted octanol–water partition coefficient (Wildman–Crippen LogP) is 7.11. The number of carbonyl (C=O) groups is 1. The van der Waals surface area contributed by atoms with Gasteiger partial charge in [0.05, 0.1) is 11.2 Å². The van der Waals surface area contributed by atoms with Gasteiger partial charge in [-0.15, -0.1) is 0 Å². The van der Waals surface area contributed by atoms with Gasteiger partial charge >= 0.3 is 0 Å². The normalized spacial score (nSPS) is 11.2. The summed E-state index contributed by atoms with van der Waals surface area (Å²) in [6.45, 7) is 0. The first-order valence-corrected chi connectivity index (χ1v) is 9.96. The zero-order chi connectivity index (χ0) is 21.1. The lowest BCUT2D eigenvalue weighted by molar-refractivity contribution is 0.102. The van der Waals surface area contributed by atoms with Gasteiger partial charge in [0.2, 0.25) is 5.78 Å². The molecular weight excluding hydrogens is 445 g/mol. The molecule has 0 amide bonds. The van der Waals surface area contributed by atoms with Gasteiger partial charge in [-0.3, -0.25) is 9.89 Å². The van der Waals surface area contributed by atoms with Gasteiger partial charge in [-0.05, 0) is 48.0 Å². The fraction of sp³-hybridized carbons (Fsp3) is 0. The lowest BCUT2D eigenvalue weighted by Crippen LogP contribution is -1.95. The first-order valence-electron chi connectivity index (χ1n) is 8.83. The van der Waals surface area contributed by atoms with Crippen LogP contribution in [0.4, 0.5) is 5.82 Å². The van der Waals surface area contributed by atoms with Crippen LogP contribution in [-0.4, -0.2) is 16.0 Å². The summed E-state index contributed by atoms with van der Waals surface area (Å²) < 4.78 is 5.66. The molecule has 4 aromatic rings. The van der Waals surface area contributed by atoms with Crippen LogP contribution in [0.1, 0.15) is 10.6 Å². The summed E-state index contributed by atoms with van der Waals surface area (Å²) >= 11 is 18.1. The predicted molar refractivity (Wildman–Crippen MR) is 120 cm³/mol. The van der Waals surface area contributed by atoms with Crippen LogP contribution in [0.2, 0.25) is 15.1 Å². The number of benzene rings is 2. The number of anilines is 1. The number of aromatic amines is 1. The highest BCUT2D eigenvalue weighted by atomic mass is 35.5. The monoisotopic (exact) mass is 457 g/mol. The van der Waals surface area contributed by atoms with Gasteiger partial charge in [0.15, 0.2) is 5.76 Å². The molecule has 0 bridgehead atoms. The largest absolute Gasteiger partial charge is 0.453 e. The van der Waals surface area contributed by atoms with E-state index in [0.717, 1.165) is 11.1 Å². The van der Waals surface area contributed by atoms with E-state index >= 15 is 0 Å². The maximum atomic E-state index is 12.4. The summed E-state index contributed by atoms with van der Waals surface area (Å²) in [5.41, 5.74) is 2.44. The van der Waals surface area contributed by atoms with Crippen LogP contribution >= 0.6 is 34.8 Å². The van der Waals surface area contributed by atoms with Crippen LogP contribution < -0.4 is 5.32 Å². The maximum absolute atomic E-state index is 12.4. The highest BCUT2D eigenvalue weighted by Gasteiger charge is 2.13. The second-order valence-corrected chi connectivity index (χ2v) is 7.58. The molecule has 2 aromatic heterocycles. The minimum absolute atomic E-state index is 0.191. The number of ketones is 1. The molecule has 0 radical (unpaired) electrons. The van der Waals surface area contributed by atoms with Gasteiger partial charge in [0, 0.05) is 33.4 Å². The van der Waals surface area contributed by atoms with Crippen molar-refractivity contribution in [3.05, 3.63) is 93.9 Å². The number of H-pyrrole nitrogens is 1. The number of hydrogen-bond donors (Lipinski definition) is 2. The zero-order valence-corrected chi connectivity index (χ0v) is 17.6. The van der Waals surface area contributed by atoms with Crippen LogP contribution in [0.25, 0.3) is 22.5 Å². The van der Waals surface area contributed by atoms with E-state index in [4.69, 9.17) is 39.2 Å². The van der Waals surface area contributed by atoms with Crippen molar-refractivity contribution in [2.45, 2.75) is 0 Å². The molecule has 0 atom stereocenters. The van der Waals surface area contributed by atoms with Crippen molar-refractivity contribution in [3.8, 4) is 22.5 Å². The van der Waals surface area contributed by atoms with Gasteiger partial charge in [-0.1, -0.05) is 46.9 Å². The molecule has 2 aromatic carbocycles. The molecule has 0 unspecified atom stereocenters. The number of halogens is 3. The van der Waals surface area contributed by atoms with Gasteiger partial charge in [0.25, 0.3) is 0 Å². The van der Waals surface area contributed by atoms with Crippen molar-refractivity contribution < 1.29 is 9.21 Å². The summed E-state index contributed by atoms with van der Waals surface area (Å²) in [7, 11) is 0. The summed E-state index contributed by atoms with van der Waals surface area (Å²) in [5.74, 6) is 1.03. The van der Waals surface area contributed by atoms with Crippen molar-refractivity contribution in [3.63, 3.8) is 0 Å². The number of nitrogens with zero attached hydrogens (tertiary/aromatic N) is 1. The Morgan fingerprint density at radius 1 is 0.967 bits per heavy atom. The van der Waals surface area contributed by atoms with E-state index < -0.39 is 0 Å². The first-order chi connectivity index (χ1) is 14.5. The van der Waals surface area contributed by atoms with Crippen LogP contribution in [0.3, 0.4) is 0 Å². The van der Waals surface area contributed by atoms with E-state index in [0.29, 0.717) is 32.2 Å². The number of nitrogens with one attached hydrogen (secondary N) is 2. The Labute approximate surface area is 187 Å². The molecule has 0 saturated carbocycles. The average molecular weight is 459 g/mol. The van der Waals surface area contributed by atoms with Gasteiger partial charge in [0.1, 0.15) is 11.6 Å². The highest BCUT2D eigenvalue weighted by Crippen LogP contribution is 2.32. The fourth-order valence-corrected chi connectivity index (χ4v) is 3.46. The van der Waals surface area contributed by atoms with E-state index in [1.54, 1.807) is 48.7 Å². The second kappa shape index (κ2) is 8.79. The Morgan fingerprint density at radius 2 is 1.73 bits per heavy atom. The van der Waals surface area contributed by atoms with Crippen molar-refractivity contribution in [2.24, 2.45) is 0 Å². The lowest BCUT2D eigenvalue weighted by atomic mass is 10.1. The number of allylic oxidation sites excluding steroid dienone is 1. The zero-order valence-electron chi connectivity index (χ0n) is 15.3. The quantitative estimate of drug-likeness (QED) is 0.239. The van der Waals surface area contributed by atoms with Gasteiger partial charge < -0.3 is 9.73 Å². The van der Waals surface area contributed by atoms with Crippen molar-refractivity contribution in [1.29, 1.82) is 0 Å². The summed E-state index contributed by atoms with van der Waals surface area (Å²) in [6.07, 6.45) is 4.58. The summed E-state index contributed by atoms with van der Waals surface area (Å²) in [5, 5.41) is 11.6. The molecule has 150 valence electrons. The third-order valence-electron chi connectivity index (χ3n) is 4.30. The molecule has 8 heteroatoms. The number of furan rings is 1. The Hall–Kier alpha value is -2.99. The molecule has 2 N–H and O–H groups in total. The van der Waals surface area contributed by atoms with Gasteiger partial charge in [-0.25, -0.2) is 0 Å². The van der Waals surface area contributed by atoms with E-state index in [1.807, 2.05) is 12.1 Å². The Balaban J connectivity index is 1.46. The summed E-state index contributed by atoms with van der Waals surface area (Å²) in [6, 6.07) is 15.7. The molecular formula is C22H14Cl3N3O2. The van der Waals surface area contributed by atoms with E-state index in [2.05, 4.69) is 15.5 Å². The van der Waals surface area contributed by atoms with Crippen LogP contribution in [0.15, 0.2) is 77.5 Å². The van der Waals surface area contributed by atoms with Crippen LogP contribution in [0.5, 0.6) is 0 Å². The topological polar surface area (TPSA) is 70.9 Å². The van der Waals surface area contributed by atoms with E-state index in [9.17, 15) is 4.79 Å². The Morgan fingerprint density at radius 3 is 2.50 bits per heavy atom. The first kappa shape index (κ1) is 20.3. The molecule has 30 heavy (non-hydrogen) atoms. The minimum Gasteiger partial charge on any atom is -0.453 e. The average Bonchev–Trinajstić information content (AvgIpc) is 3.38. The molecule has 0 aliphatic heterocycles. The molecule has 0 fully saturated rings. The van der Waals surface area contributed by atoms with E-state index in [1.165, 1.54) is 12.3 Å². The molecule has 0 aliphatic carbocycles. The lowest BCUT2D eigenvalue weighted by Gasteiger charge is -2.03. The number of rotatable bonds is 6. The molecule has 0 spiro atoms. The van der Waals surface area contributed by atoms with Crippen molar-refractivity contribution in [2.75, 3.05) is 5.32 Å². The smallest absolute Gasteiger partial charge is 0.222 e. The third kappa shape index (κ3) is 4.44. The molecule has 0 saturated heterocycles. The maximum Gasteiger partial charge on any atom is 0.222 e. The number of carbonyl (C=O) groups excluding carboxylic acids is 1. The number of hydrogen-bond acceptors (Lipinski definition) is 4. The minimum atomic E-state index is -0.300.